The number of hydrogen-bond acceptors (Lipinski definition) is 3. The molecule has 2 unspecified atom stereocenters. The summed E-state index contributed by atoms with van der Waals surface area (Å²) in [5.41, 5.74) is 0. The topological polar surface area (TPSA) is 53.2 Å². The normalized spacial score (nSPS) is 13.8. The largest absolute Gasteiger partial charge is 0.235 e. The molecule has 3 nitrogen and oxygen atoms in total. The highest BCUT2D eigenvalue weighted by molar-refractivity contribution is 5.33. The molecule has 0 aromatic carbocycles. The molecule has 78 valence electrons. The van der Waals surface area contributed by atoms with Crippen LogP contribution < -0.4 is 0 Å². The van der Waals surface area contributed by atoms with Gasteiger partial charge in [-0.25, -0.2) is 9.79 Å². The minimum Gasteiger partial charge on any atom is -0.211 e. The molecule has 0 aromatic heterocycles. The average molecular weight is 194 g/mol. The molecular formula is C11H18N2O. The van der Waals surface area contributed by atoms with Gasteiger partial charge >= 0.3 is 0 Å². The standard InChI is InChI=1S/C11H18N2O/c1-3-5-11(13-9-14)7-4-6-10(2)8-12/h10-11H,3-7H2,1-2H3. The third-order valence-corrected chi connectivity index (χ3v) is 2.25. The summed E-state index contributed by atoms with van der Waals surface area (Å²) < 4.78 is 0. The maximum Gasteiger partial charge on any atom is 0.235 e. The smallest absolute Gasteiger partial charge is 0.211 e. The van der Waals surface area contributed by atoms with Crippen molar-refractivity contribution in [1.82, 2.24) is 0 Å². The van der Waals surface area contributed by atoms with Crippen molar-refractivity contribution in [2.75, 3.05) is 0 Å². The summed E-state index contributed by atoms with van der Waals surface area (Å²) in [6.45, 7) is 3.99. The molecule has 0 bridgehead atoms. The van der Waals surface area contributed by atoms with Crippen LogP contribution in [0.3, 0.4) is 0 Å². The third-order valence-electron chi connectivity index (χ3n) is 2.25. The van der Waals surface area contributed by atoms with E-state index in [2.05, 4.69) is 18.0 Å². The van der Waals surface area contributed by atoms with Crippen LogP contribution in [0.1, 0.15) is 46.0 Å². The molecule has 0 aliphatic carbocycles. The summed E-state index contributed by atoms with van der Waals surface area (Å²) in [5.74, 6) is 0.109. The Bertz CT molecular complexity index is 226. The van der Waals surface area contributed by atoms with Crippen LogP contribution in [0.5, 0.6) is 0 Å². The van der Waals surface area contributed by atoms with Gasteiger partial charge in [0.25, 0.3) is 0 Å². The minimum absolute atomic E-state index is 0.109. The van der Waals surface area contributed by atoms with E-state index in [0.717, 1.165) is 32.1 Å². The average Bonchev–Trinajstić information content (AvgIpc) is 2.18. The molecule has 0 amide bonds. The highest BCUT2D eigenvalue weighted by Gasteiger charge is 2.06. The number of aliphatic imine (C=N–C) groups is 1. The summed E-state index contributed by atoms with van der Waals surface area (Å²) in [6.07, 6.45) is 6.34. The van der Waals surface area contributed by atoms with Crippen LogP contribution >= 0.6 is 0 Å². The van der Waals surface area contributed by atoms with Crippen molar-refractivity contribution >= 4 is 6.08 Å². The molecule has 0 aromatic rings. The Hall–Kier alpha value is -1.13. The number of nitrogens with zero attached hydrogens (tertiary/aromatic N) is 2. The van der Waals surface area contributed by atoms with E-state index in [9.17, 15) is 4.79 Å². The summed E-state index contributed by atoms with van der Waals surface area (Å²) in [5, 5.41) is 8.57. The minimum atomic E-state index is 0.109. The maximum atomic E-state index is 10.1. The number of carbonyl (C=O) groups excluding carboxylic acids is 1. The van der Waals surface area contributed by atoms with E-state index >= 15 is 0 Å². The molecule has 0 spiro atoms. The predicted octanol–water partition coefficient (Wildman–Crippen LogP) is 2.82. The lowest BCUT2D eigenvalue weighted by atomic mass is 10.0. The van der Waals surface area contributed by atoms with Crippen LogP contribution in [0.25, 0.3) is 0 Å². The van der Waals surface area contributed by atoms with Gasteiger partial charge in [-0.1, -0.05) is 13.3 Å². The lowest BCUT2D eigenvalue weighted by Crippen LogP contribution is -2.04. The van der Waals surface area contributed by atoms with Gasteiger partial charge in [0.2, 0.25) is 6.08 Å². The monoisotopic (exact) mass is 194 g/mol. The number of rotatable bonds is 7. The Morgan fingerprint density at radius 1 is 1.36 bits per heavy atom. The van der Waals surface area contributed by atoms with Crippen molar-refractivity contribution in [3.63, 3.8) is 0 Å². The first kappa shape index (κ1) is 12.9. The van der Waals surface area contributed by atoms with Crippen LogP contribution in [-0.4, -0.2) is 12.1 Å². The van der Waals surface area contributed by atoms with E-state index in [1.807, 2.05) is 6.92 Å². The molecule has 0 aliphatic heterocycles. The molecule has 0 fully saturated rings. The second-order valence-corrected chi connectivity index (χ2v) is 3.62. The van der Waals surface area contributed by atoms with E-state index in [1.165, 1.54) is 0 Å². The zero-order chi connectivity index (χ0) is 10.8. The highest BCUT2D eigenvalue weighted by Crippen LogP contribution is 2.13. The molecule has 14 heavy (non-hydrogen) atoms. The lowest BCUT2D eigenvalue weighted by Gasteiger charge is -2.09. The molecule has 0 saturated heterocycles. The van der Waals surface area contributed by atoms with Crippen molar-refractivity contribution in [2.24, 2.45) is 10.9 Å². The van der Waals surface area contributed by atoms with Gasteiger partial charge in [0, 0.05) is 5.92 Å². The second-order valence-electron chi connectivity index (χ2n) is 3.62. The van der Waals surface area contributed by atoms with Crippen molar-refractivity contribution in [3.8, 4) is 6.07 Å². The van der Waals surface area contributed by atoms with Gasteiger partial charge in [-0.05, 0) is 32.6 Å². The van der Waals surface area contributed by atoms with Crippen molar-refractivity contribution in [1.29, 1.82) is 5.26 Å². The molecule has 0 aliphatic rings. The molecule has 0 saturated carbocycles. The SMILES string of the molecule is CCCC(CCCC(C)C#N)N=C=O. The van der Waals surface area contributed by atoms with Gasteiger partial charge in [0.15, 0.2) is 0 Å². The van der Waals surface area contributed by atoms with E-state index in [4.69, 9.17) is 5.26 Å². The molecule has 0 N–H and O–H groups in total. The van der Waals surface area contributed by atoms with Gasteiger partial charge in [-0.3, -0.25) is 0 Å². The number of nitriles is 1. The summed E-state index contributed by atoms with van der Waals surface area (Å²) in [4.78, 5) is 13.8. The zero-order valence-electron chi connectivity index (χ0n) is 8.99. The van der Waals surface area contributed by atoms with Crippen molar-refractivity contribution in [2.45, 2.75) is 52.0 Å². The summed E-state index contributed by atoms with van der Waals surface area (Å²) in [6, 6.07) is 2.31. The molecular weight excluding hydrogens is 176 g/mol. The van der Waals surface area contributed by atoms with E-state index in [-0.39, 0.29) is 12.0 Å². The Balaban J connectivity index is 3.72. The Labute approximate surface area is 85.8 Å². The molecule has 3 heteroatoms. The fourth-order valence-corrected chi connectivity index (χ4v) is 1.41. The maximum absolute atomic E-state index is 10.1. The highest BCUT2D eigenvalue weighted by atomic mass is 16.1. The Morgan fingerprint density at radius 3 is 2.57 bits per heavy atom. The van der Waals surface area contributed by atoms with Crippen LogP contribution in [0.15, 0.2) is 4.99 Å². The van der Waals surface area contributed by atoms with Gasteiger partial charge < -0.3 is 0 Å². The van der Waals surface area contributed by atoms with Crippen molar-refractivity contribution in [3.05, 3.63) is 0 Å². The quantitative estimate of drug-likeness (QED) is 0.462. The Kier molecular flexibility index (Phi) is 7.78. The summed E-state index contributed by atoms with van der Waals surface area (Å²) >= 11 is 0. The Morgan fingerprint density at radius 2 is 2.07 bits per heavy atom. The fourth-order valence-electron chi connectivity index (χ4n) is 1.41. The first-order chi connectivity index (χ1) is 6.74. The first-order valence-corrected chi connectivity index (χ1v) is 5.21. The predicted molar refractivity (Wildman–Crippen MR) is 55.4 cm³/mol. The fraction of sp³-hybridized carbons (Fsp3) is 0.818. The van der Waals surface area contributed by atoms with Crippen LogP contribution in [-0.2, 0) is 4.79 Å². The van der Waals surface area contributed by atoms with E-state index in [1.54, 1.807) is 6.08 Å². The van der Waals surface area contributed by atoms with Crippen LogP contribution in [0.2, 0.25) is 0 Å². The zero-order valence-corrected chi connectivity index (χ0v) is 8.99. The molecule has 0 heterocycles. The van der Waals surface area contributed by atoms with Gasteiger partial charge in [-0.2, -0.15) is 5.26 Å². The van der Waals surface area contributed by atoms with Crippen molar-refractivity contribution < 1.29 is 4.79 Å². The second kappa shape index (κ2) is 8.47. The van der Waals surface area contributed by atoms with Gasteiger partial charge in [0.05, 0.1) is 12.1 Å². The first-order valence-electron chi connectivity index (χ1n) is 5.21. The third kappa shape index (κ3) is 6.39. The summed E-state index contributed by atoms with van der Waals surface area (Å²) in [7, 11) is 0. The van der Waals surface area contributed by atoms with Gasteiger partial charge in [-0.15, -0.1) is 0 Å². The lowest BCUT2D eigenvalue weighted by molar-refractivity contribution is 0.495. The van der Waals surface area contributed by atoms with Crippen LogP contribution in [0.4, 0.5) is 0 Å². The van der Waals surface area contributed by atoms with Crippen LogP contribution in [0, 0.1) is 17.2 Å². The van der Waals surface area contributed by atoms with E-state index < -0.39 is 0 Å². The van der Waals surface area contributed by atoms with Gasteiger partial charge in [0.1, 0.15) is 0 Å². The molecule has 2 atom stereocenters. The molecule has 0 rings (SSSR count). The van der Waals surface area contributed by atoms with E-state index in [0.29, 0.717) is 0 Å². The molecule has 0 radical (unpaired) electrons. The number of isocyanates is 1. The number of hydrogen-bond donors (Lipinski definition) is 0.